The standard InChI is InChI=1S/C20H21ClN2O2S/c1-19(2)11-20(23-18(26)22-19)10-17(12-6-4-3-5-7-12)25-16-9-15(24)14(21)8-13(16)20/h3-9,17,24H,10-11H2,1-2H3,(H2,22,23,26)/t17-,20-/m1/s1. The third-order valence-electron chi connectivity index (χ3n) is 5.09. The van der Waals surface area contributed by atoms with E-state index < -0.39 is 5.54 Å². The highest BCUT2D eigenvalue weighted by Crippen LogP contribution is 2.51. The molecule has 1 spiro atoms. The molecule has 2 atom stereocenters. The van der Waals surface area contributed by atoms with Gasteiger partial charge in [-0.05, 0) is 44.1 Å². The van der Waals surface area contributed by atoms with Gasteiger partial charge in [-0.2, -0.15) is 0 Å². The molecule has 4 nitrogen and oxygen atoms in total. The van der Waals surface area contributed by atoms with E-state index >= 15 is 0 Å². The maximum Gasteiger partial charge on any atom is 0.167 e. The number of nitrogens with one attached hydrogen (secondary N) is 2. The van der Waals surface area contributed by atoms with Crippen molar-refractivity contribution in [2.24, 2.45) is 0 Å². The lowest BCUT2D eigenvalue weighted by Gasteiger charge is -2.51. The lowest BCUT2D eigenvalue weighted by Crippen LogP contribution is -2.65. The first kappa shape index (κ1) is 17.4. The Hall–Kier alpha value is -1.98. The van der Waals surface area contributed by atoms with Crippen molar-refractivity contribution in [2.45, 2.75) is 43.9 Å². The summed E-state index contributed by atoms with van der Waals surface area (Å²) in [4.78, 5) is 0. The molecule has 4 rings (SSSR count). The molecule has 1 saturated heterocycles. The largest absolute Gasteiger partial charge is 0.506 e. The number of hydrogen-bond acceptors (Lipinski definition) is 3. The predicted octanol–water partition coefficient (Wildman–Crippen LogP) is 4.41. The van der Waals surface area contributed by atoms with Crippen molar-refractivity contribution in [3.63, 3.8) is 0 Å². The fraction of sp³-hybridized carbons (Fsp3) is 0.350. The molecule has 1 fully saturated rings. The van der Waals surface area contributed by atoms with E-state index in [-0.39, 0.29) is 17.4 Å². The molecule has 0 radical (unpaired) electrons. The topological polar surface area (TPSA) is 53.5 Å². The van der Waals surface area contributed by atoms with E-state index in [2.05, 4.69) is 36.6 Å². The second-order valence-corrected chi connectivity index (χ2v) is 8.56. The van der Waals surface area contributed by atoms with Crippen LogP contribution >= 0.6 is 23.8 Å². The average Bonchev–Trinajstić information content (AvgIpc) is 2.55. The molecule has 6 heteroatoms. The minimum Gasteiger partial charge on any atom is -0.506 e. The molecule has 2 aromatic carbocycles. The van der Waals surface area contributed by atoms with Crippen molar-refractivity contribution in [1.82, 2.24) is 10.6 Å². The molecule has 0 saturated carbocycles. The highest BCUT2D eigenvalue weighted by atomic mass is 35.5. The number of phenols is 1. The van der Waals surface area contributed by atoms with Crippen LogP contribution in [0.1, 0.15) is 43.9 Å². The van der Waals surface area contributed by atoms with Gasteiger partial charge in [0.05, 0.1) is 10.6 Å². The molecule has 0 bridgehead atoms. The monoisotopic (exact) mass is 388 g/mol. The quantitative estimate of drug-likeness (QED) is 0.632. The molecular formula is C20H21ClN2O2S. The Kier molecular flexibility index (Phi) is 4.04. The highest BCUT2D eigenvalue weighted by molar-refractivity contribution is 7.80. The van der Waals surface area contributed by atoms with Crippen LogP contribution in [0.2, 0.25) is 5.02 Å². The first-order valence-corrected chi connectivity index (χ1v) is 9.42. The minimum atomic E-state index is -0.419. The van der Waals surface area contributed by atoms with Crippen LogP contribution in [0.5, 0.6) is 11.5 Å². The number of aromatic hydroxyl groups is 1. The maximum absolute atomic E-state index is 10.1. The SMILES string of the molecule is CC1(C)C[C@@]2(C[C@H](c3ccccc3)Oc3cc(O)c(Cl)cc32)NC(=S)N1. The third-order valence-corrected chi connectivity index (χ3v) is 5.59. The van der Waals surface area contributed by atoms with E-state index in [1.807, 2.05) is 18.2 Å². The van der Waals surface area contributed by atoms with Gasteiger partial charge >= 0.3 is 0 Å². The molecular weight excluding hydrogens is 368 g/mol. The van der Waals surface area contributed by atoms with Gasteiger partial charge < -0.3 is 20.5 Å². The Morgan fingerprint density at radius 2 is 1.92 bits per heavy atom. The number of rotatable bonds is 1. The summed E-state index contributed by atoms with van der Waals surface area (Å²) >= 11 is 11.7. The molecule has 0 unspecified atom stereocenters. The number of phenolic OH excluding ortho intramolecular Hbond substituents is 1. The molecule has 0 aromatic heterocycles. The molecule has 0 amide bonds. The van der Waals surface area contributed by atoms with Gasteiger partial charge in [0, 0.05) is 23.6 Å². The van der Waals surface area contributed by atoms with Crippen molar-refractivity contribution in [3.05, 3.63) is 58.6 Å². The molecule has 2 aliphatic heterocycles. The van der Waals surface area contributed by atoms with Crippen LogP contribution in [-0.4, -0.2) is 15.8 Å². The second kappa shape index (κ2) is 6.03. The lowest BCUT2D eigenvalue weighted by atomic mass is 9.72. The molecule has 136 valence electrons. The van der Waals surface area contributed by atoms with E-state index in [4.69, 9.17) is 28.6 Å². The average molecular weight is 389 g/mol. The van der Waals surface area contributed by atoms with E-state index in [1.165, 1.54) is 0 Å². The Morgan fingerprint density at radius 3 is 2.62 bits per heavy atom. The first-order chi connectivity index (χ1) is 12.3. The van der Waals surface area contributed by atoms with Crippen LogP contribution in [0.15, 0.2) is 42.5 Å². The zero-order chi connectivity index (χ0) is 18.5. The van der Waals surface area contributed by atoms with Gasteiger partial charge in [0.2, 0.25) is 0 Å². The van der Waals surface area contributed by atoms with Gasteiger partial charge in [-0.25, -0.2) is 0 Å². The van der Waals surface area contributed by atoms with Crippen LogP contribution in [0.25, 0.3) is 0 Å². The molecule has 26 heavy (non-hydrogen) atoms. The summed E-state index contributed by atoms with van der Waals surface area (Å²) < 4.78 is 6.26. The summed E-state index contributed by atoms with van der Waals surface area (Å²) in [6.07, 6.45) is 1.38. The summed E-state index contributed by atoms with van der Waals surface area (Å²) in [6, 6.07) is 13.5. The number of ether oxygens (including phenoxy) is 1. The lowest BCUT2D eigenvalue weighted by molar-refractivity contribution is 0.0870. The molecule has 2 aromatic rings. The van der Waals surface area contributed by atoms with Crippen molar-refractivity contribution in [1.29, 1.82) is 0 Å². The van der Waals surface area contributed by atoms with Gasteiger partial charge in [0.1, 0.15) is 17.6 Å². The van der Waals surface area contributed by atoms with Crippen molar-refractivity contribution >= 4 is 28.9 Å². The van der Waals surface area contributed by atoms with E-state index in [1.54, 1.807) is 12.1 Å². The summed E-state index contributed by atoms with van der Waals surface area (Å²) in [5.41, 5.74) is 1.43. The Balaban J connectivity index is 1.87. The van der Waals surface area contributed by atoms with Crippen LogP contribution in [0.3, 0.4) is 0 Å². The van der Waals surface area contributed by atoms with E-state index in [9.17, 15) is 5.11 Å². The zero-order valence-corrected chi connectivity index (χ0v) is 16.2. The number of fused-ring (bicyclic) bond motifs is 2. The van der Waals surface area contributed by atoms with Gasteiger partial charge in [0.25, 0.3) is 0 Å². The summed E-state index contributed by atoms with van der Waals surface area (Å²) in [6.45, 7) is 4.27. The normalized spacial score (nSPS) is 26.4. The van der Waals surface area contributed by atoms with Crippen molar-refractivity contribution < 1.29 is 9.84 Å². The minimum absolute atomic E-state index is 0.0186. The molecule has 0 aliphatic carbocycles. The predicted molar refractivity (Wildman–Crippen MR) is 107 cm³/mol. The molecule has 2 aliphatic rings. The van der Waals surface area contributed by atoms with E-state index in [0.29, 0.717) is 15.9 Å². The van der Waals surface area contributed by atoms with Crippen molar-refractivity contribution in [2.75, 3.05) is 0 Å². The Morgan fingerprint density at radius 1 is 1.19 bits per heavy atom. The molecule has 3 N–H and O–H groups in total. The Bertz CT molecular complexity index is 872. The van der Waals surface area contributed by atoms with Crippen LogP contribution in [0, 0.1) is 0 Å². The number of halogens is 1. The van der Waals surface area contributed by atoms with Gasteiger partial charge in [-0.15, -0.1) is 0 Å². The van der Waals surface area contributed by atoms with Gasteiger partial charge in [0.15, 0.2) is 5.11 Å². The Labute approximate surface area is 163 Å². The van der Waals surface area contributed by atoms with Crippen molar-refractivity contribution in [3.8, 4) is 11.5 Å². The van der Waals surface area contributed by atoms with Gasteiger partial charge in [-0.1, -0.05) is 41.9 Å². The summed E-state index contributed by atoms with van der Waals surface area (Å²) in [5, 5.41) is 17.9. The number of thiocarbonyl (C=S) groups is 1. The van der Waals surface area contributed by atoms with Crippen LogP contribution in [0.4, 0.5) is 0 Å². The number of benzene rings is 2. The van der Waals surface area contributed by atoms with Crippen LogP contribution in [-0.2, 0) is 5.54 Å². The summed E-state index contributed by atoms with van der Waals surface area (Å²) in [7, 11) is 0. The maximum atomic E-state index is 10.1. The fourth-order valence-corrected chi connectivity index (χ4v) is 4.81. The highest BCUT2D eigenvalue weighted by Gasteiger charge is 2.49. The van der Waals surface area contributed by atoms with Gasteiger partial charge in [-0.3, -0.25) is 0 Å². The van der Waals surface area contributed by atoms with Crippen LogP contribution < -0.4 is 15.4 Å². The first-order valence-electron chi connectivity index (χ1n) is 8.63. The second-order valence-electron chi connectivity index (χ2n) is 7.74. The fourth-order valence-electron chi connectivity index (χ4n) is 4.17. The number of hydrogen-bond donors (Lipinski definition) is 3. The third kappa shape index (κ3) is 2.99. The summed E-state index contributed by atoms with van der Waals surface area (Å²) in [5.74, 6) is 0.657. The zero-order valence-electron chi connectivity index (χ0n) is 14.7. The smallest absolute Gasteiger partial charge is 0.167 e. The molecule has 2 heterocycles. The van der Waals surface area contributed by atoms with E-state index in [0.717, 1.165) is 24.0 Å².